The molecule has 1 N–H and O–H groups in total. The molecule has 1 saturated heterocycles. The van der Waals surface area contributed by atoms with Gasteiger partial charge in [0.2, 0.25) is 5.91 Å². The number of rotatable bonds is 7. The van der Waals surface area contributed by atoms with Crippen LogP contribution in [0.25, 0.3) is 0 Å². The van der Waals surface area contributed by atoms with E-state index in [0.717, 1.165) is 62.5 Å². The first kappa shape index (κ1) is 18.1. The Morgan fingerprint density at radius 2 is 2.20 bits per heavy atom. The van der Waals surface area contributed by atoms with Crippen molar-refractivity contribution in [2.45, 2.75) is 58.6 Å². The van der Waals surface area contributed by atoms with E-state index in [1.807, 2.05) is 11.8 Å². The first-order chi connectivity index (χ1) is 12.2. The molecule has 138 valence electrons. The summed E-state index contributed by atoms with van der Waals surface area (Å²) in [5.41, 5.74) is 2.35. The van der Waals surface area contributed by atoms with Crippen LogP contribution in [0.1, 0.15) is 50.7 Å². The van der Waals surface area contributed by atoms with Crippen molar-refractivity contribution in [1.82, 2.24) is 10.2 Å². The van der Waals surface area contributed by atoms with Crippen LogP contribution in [-0.2, 0) is 17.8 Å². The average Bonchev–Trinajstić information content (AvgIpc) is 2.82. The van der Waals surface area contributed by atoms with Gasteiger partial charge in [0.05, 0.1) is 6.61 Å². The largest absolute Gasteiger partial charge is 0.494 e. The quantitative estimate of drug-likeness (QED) is 0.771. The zero-order valence-corrected chi connectivity index (χ0v) is 15.5. The minimum Gasteiger partial charge on any atom is -0.494 e. The second-order valence-electron chi connectivity index (χ2n) is 7.00. The summed E-state index contributed by atoms with van der Waals surface area (Å²) in [6, 6.07) is 4.23. The van der Waals surface area contributed by atoms with Crippen LogP contribution in [0.4, 0.5) is 0 Å². The number of carbonyl (C=O) groups excluding carboxylic acids is 1. The van der Waals surface area contributed by atoms with Crippen molar-refractivity contribution >= 4 is 5.91 Å². The average molecular weight is 346 g/mol. The fourth-order valence-electron chi connectivity index (χ4n) is 3.62. The van der Waals surface area contributed by atoms with Crippen LogP contribution in [-0.4, -0.2) is 43.2 Å². The van der Waals surface area contributed by atoms with Crippen molar-refractivity contribution in [1.29, 1.82) is 0 Å². The maximum Gasteiger partial charge on any atom is 0.222 e. The number of amides is 1. The van der Waals surface area contributed by atoms with Crippen molar-refractivity contribution in [2.75, 3.05) is 26.2 Å². The standard InChI is InChI=1S/C20H30N2O3/c1-3-24-18-12-16-11-15(2)25-19(16)13-17(18)14-21-8-10-22-9-6-4-5-7-20(22)23/h12-13,15,21H,3-11,14H2,1-2H3. The lowest BCUT2D eigenvalue weighted by atomic mass is 10.1. The van der Waals surface area contributed by atoms with Gasteiger partial charge in [-0.2, -0.15) is 0 Å². The lowest BCUT2D eigenvalue weighted by Crippen LogP contribution is -2.36. The summed E-state index contributed by atoms with van der Waals surface area (Å²) in [5.74, 6) is 2.22. The number of benzene rings is 1. The minimum atomic E-state index is 0.238. The molecule has 1 atom stereocenters. The van der Waals surface area contributed by atoms with E-state index in [2.05, 4.69) is 24.4 Å². The van der Waals surface area contributed by atoms with Crippen LogP contribution in [0.2, 0.25) is 0 Å². The minimum absolute atomic E-state index is 0.238. The molecular formula is C20H30N2O3. The molecule has 1 aromatic carbocycles. The summed E-state index contributed by atoms with van der Waals surface area (Å²) in [6.07, 6.45) is 5.21. The highest BCUT2D eigenvalue weighted by atomic mass is 16.5. The number of hydrogen-bond donors (Lipinski definition) is 1. The number of carbonyl (C=O) groups is 1. The third kappa shape index (κ3) is 4.66. The van der Waals surface area contributed by atoms with E-state index in [1.165, 1.54) is 12.0 Å². The fraction of sp³-hybridized carbons (Fsp3) is 0.650. The third-order valence-corrected chi connectivity index (χ3v) is 4.92. The van der Waals surface area contributed by atoms with Crippen LogP contribution in [0.3, 0.4) is 0 Å². The predicted molar refractivity (Wildman–Crippen MR) is 98.2 cm³/mol. The molecule has 1 amide bonds. The second kappa shape index (κ2) is 8.56. The molecule has 0 spiro atoms. The summed E-state index contributed by atoms with van der Waals surface area (Å²) in [6.45, 7) is 7.96. The highest BCUT2D eigenvalue weighted by molar-refractivity contribution is 5.76. The Hall–Kier alpha value is -1.75. The molecule has 1 fully saturated rings. The van der Waals surface area contributed by atoms with Gasteiger partial charge >= 0.3 is 0 Å². The number of nitrogens with one attached hydrogen (secondary N) is 1. The molecule has 0 radical (unpaired) electrons. The van der Waals surface area contributed by atoms with Gasteiger partial charge in [-0.3, -0.25) is 4.79 Å². The Kier molecular flexibility index (Phi) is 6.19. The molecule has 2 heterocycles. The zero-order valence-electron chi connectivity index (χ0n) is 15.5. The van der Waals surface area contributed by atoms with Crippen LogP contribution in [0.5, 0.6) is 11.5 Å². The SMILES string of the molecule is CCOc1cc2c(cc1CNCCN1CCCCCC1=O)OC(C)C2. The van der Waals surface area contributed by atoms with Crippen LogP contribution in [0, 0.1) is 0 Å². The normalized spacial score (nSPS) is 20.2. The predicted octanol–water partition coefficient (Wildman–Crippen LogP) is 2.90. The van der Waals surface area contributed by atoms with Gasteiger partial charge in [0.1, 0.15) is 17.6 Å². The van der Waals surface area contributed by atoms with Gasteiger partial charge in [-0.05, 0) is 38.8 Å². The lowest BCUT2D eigenvalue weighted by Gasteiger charge is -2.21. The Morgan fingerprint density at radius 1 is 1.32 bits per heavy atom. The van der Waals surface area contributed by atoms with Crippen LogP contribution in [0.15, 0.2) is 12.1 Å². The summed E-state index contributed by atoms with van der Waals surface area (Å²) in [7, 11) is 0. The van der Waals surface area contributed by atoms with Crippen molar-refractivity contribution in [3.63, 3.8) is 0 Å². The monoisotopic (exact) mass is 346 g/mol. The number of likely N-dealkylation sites (tertiary alicyclic amines) is 1. The van der Waals surface area contributed by atoms with Gasteiger partial charge < -0.3 is 19.7 Å². The van der Waals surface area contributed by atoms with Crippen LogP contribution >= 0.6 is 0 Å². The van der Waals surface area contributed by atoms with E-state index in [0.29, 0.717) is 18.9 Å². The topological polar surface area (TPSA) is 50.8 Å². The molecule has 2 aliphatic rings. The van der Waals surface area contributed by atoms with Gasteiger partial charge in [0, 0.05) is 50.1 Å². The molecule has 0 aliphatic carbocycles. The molecule has 1 aromatic rings. The van der Waals surface area contributed by atoms with E-state index in [-0.39, 0.29) is 6.10 Å². The first-order valence-corrected chi connectivity index (χ1v) is 9.61. The molecule has 2 aliphatic heterocycles. The lowest BCUT2D eigenvalue weighted by molar-refractivity contribution is -0.130. The Bertz CT molecular complexity index is 603. The summed E-state index contributed by atoms with van der Waals surface area (Å²) in [4.78, 5) is 14.0. The number of fused-ring (bicyclic) bond motifs is 1. The van der Waals surface area contributed by atoms with Crippen molar-refractivity contribution in [3.05, 3.63) is 23.3 Å². The highest BCUT2D eigenvalue weighted by Gasteiger charge is 2.22. The summed E-state index contributed by atoms with van der Waals surface area (Å²) >= 11 is 0. The zero-order chi connectivity index (χ0) is 17.6. The molecule has 0 aromatic heterocycles. The van der Waals surface area contributed by atoms with E-state index in [1.54, 1.807) is 0 Å². The molecule has 0 bridgehead atoms. The molecule has 3 rings (SSSR count). The van der Waals surface area contributed by atoms with Crippen LogP contribution < -0.4 is 14.8 Å². The maximum absolute atomic E-state index is 12.0. The van der Waals surface area contributed by atoms with Gasteiger partial charge in [-0.15, -0.1) is 0 Å². The molecule has 25 heavy (non-hydrogen) atoms. The van der Waals surface area contributed by atoms with E-state index in [9.17, 15) is 4.79 Å². The molecule has 1 unspecified atom stereocenters. The third-order valence-electron chi connectivity index (χ3n) is 4.92. The van der Waals surface area contributed by atoms with Crippen molar-refractivity contribution < 1.29 is 14.3 Å². The van der Waals surface area contributed by atoms with Crippen molar-refractivity contribution in [3.8, 4) is 11.5 Å². The molecule has 0 saturated carbocycles. The van der Waals surface area contributed by atoms with Gasteiger partial charge in [0.15, 0.2) is 0 Å². The second-order valence-corrected chi connectivity index (χ2v) is 7.00. The number of nitrogens with zero attached hydrogens (tertiary/aromatic N) is 1. The fourth-order valence-corrected chi connectivity index (χ4v) is 3.62. The van der Waals surface area contributed by atoms with E-state index >= 15 is 0 Å². The number of ether oxygens (including phenoxy) is 2. The smallest absolute Gasteiger partial charge is 0.222 e. The number of hydrogen-bond acceptors (Lipinski definition) is 4. The Balaban J connectivity index is 1.55. The molecule has 5 heteroatoms. The summed E-state index contributed by atoms with van der Waals surface area (Å²) < 4.78 is 11.7. The Morgan fingerprint density at radius 3 is 3.04 bits per heavy atom. The first-order valence-electron chi connectivity index (χ1n) is 9.61. The highest BCUT2D eigenvalue weighted by Crippen LogP contribution is 2.35. The van der Waals surface area contributed by atoms with Gasteiger partial charge in [-0.1, -0.05) is 6.42 Å². The van der Waals surface area contributed by atoms with Gasteiger partial charge in [0.25, 0.3) is 0 Å². The summed E-state index contributed by atoms with van der Waals surface area (Å²) in [5, 5.41) is 3.46. The molecular weight excluding hydrogens is 316 g/mol. The molecule has 5 nitrogen and oxygen atoms in total. The Labute approximate surface area is 150 Å². The van der Waals surface area contributed by atoms with Gasteiger partial charge in [-0.25, -0.2) is 0 Å². The van der Waals surface area contributed by atoms with Crippen molar-refractivity contribution in [2.24, 2.45) is 0 Å². The maximum atomic E-state index is 12.0. The van der Waals surface area contributed by atoms with E-state index in [4.69, 9.17) is 9.47 Å². The van der Waals surface area contributed by atoms with E-state index < -0.39 is 0 Å².